The Morgan fingerprint density at radius 1 is 1.20 bits per heavy atom. The average Bonchev–Trinajstić information content (AvgIpc) is 3.18. The maximum absolute atomic E-state index is 12.1. The summed E-state index contributed by atoms with van der Waals surface area (Å²) in [4.78, 5) is 21.7. The minimum Gasteiger partial charge on any atom is -0.497 e. The van der Waals surface area contributed by atoms with Crippen LogP contribution in [0.3, 0.4) is 0 Å². The number of benzene rings is 2. The van der Waals surface area contributed by atoms with Crippen LogP contribution in [0.25, 0.3) is 16.3 Å². The van der Waals surface area contributed by atoms with Crippen molar-refractivity contribution >= 4 is 55.6 Å². The van der Waals surface area contributed by atoms with E-state index in [4.69, 9.17) is 4.74 Å². The van der Waals surface area contributed by atoms with E-state index in [0.29, 0.717) is 15.2 Å². The van der Waals surface area contributed by atoms with Crippen LogP contribution in [-0.2, 0) is 4.79 Å². The lowest BCUT2D eigenvalue weighted by Gasteiger charge is -1.96. The van der Waals surface area contributed by atoms with E-state index in [9.17, 15) is 4.79 Å². The summed E-state index contributed by atoms with van der Waals surface area (Å²) in [6.07, 6.45) is 1.85. The number of amidine groups is 1. The lowest BCUT2D eigenvalue weighted by atomic mass is 10.2. The highest BCUT2D eigenvalue weighted by Crippen LogP contribution is 2.33. The summed E-state index contributed by atoms with van der Waals surface area (Å²) in [5.74, 6) is 0.641. The number of nitrogens with zero attached hydrogens (tertiary/aromatic N) is 2. The molecular weight excluding hydrogens is 354 g/mol. The molecule has 1 amide bonds. The summed E-state index contributed by atoms with van der Waals surface area (Å²) in [7, 11) is 1.63. The van der Waals surface area contributed by atoms with Crippen LogP contribution in [0.15, 0.2) is 58.4 Å². The first-order chi connectivity index (χ1) is 12.2. The van der Waals surface area contributed by atoms with Crippen molar-refractivity contribution in [3.05, 3.63) is 59.0 Å². The van der Waals surface area contributed by atoms with E-state index in [-0.39, 0.29) is 5.91 Å². The lowest BCUT2D eigenvalue weighted by molar-refractivity contribution is -0.115. The zero-order valence-corrected chi connectivity index (χ0v) is 14.9. The van der Waals surface area contributed by atoms with Crippen molar-refractivity contribution in [3.8, 4) is 5.75 Å². The van der Waals surface area contributed by atoms with Crippen LogP contribution in [0.5, 0.6) is 5.75 Å². The molecule has 124 valence electrons. The van der Waals surface area contributed by atoms with Crippen LogP contribution in [0.1, 0.15) is 5.56 Å². The molecule has 0 bridgehead atoms. The van der Waals surface area contributed by atoms with Crippen molar-refractivity contribution in [2.75, 3.05) is 7.11 Å². The molecule has 0 radical (unpaired) electrons. The van der Waals surface area contributed by atoms with Crippen LogP contribution < -0.4 is 10.1 Å². The van der Waals surface area contributed by atoms with Gasteiger partial charge in [0.2, 0.25) is 5.13 Å². The number of fused-ring (bicyclic) bond motifs is 1. The Kier molecular flexibility index (Phi) is 4.25. The van der Waals surface area contributed by atoms with Gasteiger partial charge in [0.15, 0.2) is 5.17 Å². The number of aromatic nitrogens is 1. The number of hydrogen-bond donors (Lipinski definition) is 1. The first-order valence-electron chi connectivity index (χ1n) is 7.50. The normalized spacial score (nSPS) is 17.4. The molecule has 3 aromatic rings. The highest BCUT2D eigenvalue weighted by Gasteiger charge is 2.24. The Morgan fingerprint density at radius 2 is 2.04 bits per heavy atom. The number of ether oxygens (including phenoxy) is 1. The standard InChI is InChI=1S/C18H13N3O2S2/c1-23-12-7-8-13-14(10-12)24-17(19-13)21-18-20-16(22)15(25-18)9-11-5-3-2-4-6-11/h2-10H,1H3,(H,19,20,21,22)/b15-9-. The third-order valence-electron chi connectivity index (χ3n) is 3.53. The second-order valence-electron chi connectivity index (χ2n) is 5.22. The zero-order valence-electron chi connectivity index (χ0n) is 13.2. The number of methoxy groups -OCH3 is 1. The third kappa shape index (κ3) is 3.42. The second-order valence-corrected chi connectivity index (χ2v) is 7.26. The van der Waals surface area contributed by atoms with Gasteiger partial charge in [0.1, 0.15) is 5.75 Å². The number of hydrogen-bond acceptors (Lipinski definition) is 6. The molecule has 1 N–H and O–H groups in total. The average molecular weight is 367 g/mol. The maximum Gasteiger partial charge on any atom is 0.264 e. The van der Waals surface area contributed by atoms with Crippen molar-refractivity contribution < 1.29 is 9.53 Å². The molecule has 1 aliphatic rings. The lowest BCUT2D eigenvalue weighted by Crippen LogP contribution is -2.19. The number of nitrogens with one attached hydrogen (secondary N) is 1. The molecule has 1 saturated heterocycles. The molecule has 2 heterocycles. The molecule has 0 unspecified atom stereocenters. The predicted molar refractivity (Wildman–Crippen MR) is 103 cm³/mol. The molecule has 1 aromatic heterocycles. The number of aliphatic imine (C=N–C) groups is 1. The first-order valence-corrected chi connectivity index (χ1v) is 9.14. The summed E-state index contributed by atoms with van der Waals surface area (Å²) < 4.78 is 6.22. The second kappa shape index (κ2) is 6.70. The molecule has 1 aliphatic heterocycles. The van der Waals surface area contributed by atoms with Gasteiger partial charge in [-0.25, -0.2) is 4.98 Å². The highest BCUT2D eigenvalue weighted by molar-refractivity contribution is 8.18. The van der Waals surface area contributed by atoms with Crippen LogP contribution >= 0.6 is 23.1 Å². The van der Waals surface area contributed by atoms with E-state index >= 15 is 0 Å². The molecule has 5 nitrogen and oxygen atoms in total. The van der Waals surface area contributed by atoms with Gasteiger partial charge in [0.25, 0.3) is 5.91 Å². The summed E-state index contributed by atoms with van der Waals surface area (Å²) in [5, 5.41) is 3.93. The number of thioether (sulfide) groups is 1. The molecule has 7 heteroatoms. The molecule has 1 fully saturated rings. The van der Waals surface area contributed by atoms with Gasteiger partial charge in [-0.15, -0.1) is 0 Å². The number of carbonyl (C=O) groups excluding carboxylic acids is 1. The van der Waals surface area contributed by atoms with Gasteiger partial charge in [-0.2, -0.15) is 4.99 Å². The van der Waals surface area contributed by atoms with Gasteiger partial charge >= 0.3 is 0 Å². The summed E-state index contributed by atoms with van der Waals surface area (Å²) in [6.45, 7) is 0. The molecule has 25 heavy (non-hydrogen) atoms. The number of amides is 1. The van der Waals surface area contributed by atoms with Crippen molar-refractivity contribution in [3.63, 3.8) is 0 Å². The highest BCUT2D eigenvalue weighted by atomic mass is 32.2. The zero-order chi connectivity index (χ0) is 17.2. The number of carbonyl (C=O) groups is 1. The van der Waals surface area contributed by atoms with E-state index < -0.39 is 0 Å². The number of thiazole rings is 1. The molecule has 0 aliphatic carbocycles. The molecule has 0 spiro atoms. The Labute approximate surface area is 152 Å². The first kappa shape index (κ1) is 15.9. The minimum atomic E-state index is -0.143. The van der Waals surface area contributed by atoms with Gasteiger partial charge in [0.05, 0.1) is 22.2 Å². The minimum absolute atomic E-state index is 0.143. The van der Waals surface area contributed by atoms with E-state index in [1.165, 1.54) is 23.1 Å². The van der Waals surface area contributed by atoms with Gasteiger partial charge < -0.3 is 10.1 Å². The fourth-order valence-corrected chi connectivity index (χ4v) is 4.09. The van der Waals surface area contributed by atoms with Crippen LogP contribution in [0.4, 0.5) is 5.13 Å². The smallest absolute Gasteiger partial charge is 0.264 e. The predicted octanol–water partition coefficient (Wildman–Crippen LogP) is 4.20. The van der Waals surface area contributed by atoms with E-state index in [1.807, 2.05) is 54.6 Å². The topological polar surface area (TPSA) is 63.6 Å². The fourth-order valence-electron chi connectivity index (χ4n) is 2.34. The monoisotopic (exact) mass is 367 g/mol. The number of rotatable bonds is 3. The third-order valence-corrected chi connectivity index (χ3v) is 5.35. The summed E-state index contributed by atoms with van der Waals surface area (Å²) in [6, 6.07) is 15.4. The Hall–Kier alpha value is -2.64. The van der Waals surface area contributed by atoms with Crippen molar-refractivity contribution in [1.29, 1.82) is 0 Å². The van der Waals surface area contributed by atoms with Gasteiger partial charge in [-0.3, -0.25) is 4.79 Å². The summed E-state index contributed by atoms with van der Waals surface area (Å²) in [5.41, 5.74) is 1.84. The van der Waals surface area contributed by atoms with Crippen molar-refractivity contribution in [1.82, 2.24) is 10.3 Å². The molecular formula is C18H13N3O2S2. The molecule has 4 rings (SSSR count). The van der Waals surface area contributed by atoms with Gasteiger partial charge in [0, 0.05) is 0 Å². The van der Waals surface area contributed by atoms with Crippen LogP contribution in [-0.4, -0.2) is 23.2 Å². The maximum atomic E-state index is 12.1. The van der Waals surface area contributed by atoms with Crippen LogP contribution in [0, 0.1) is 0 Å². The Bertz CT molecular complexity index is 1010. The van der Waals surface area contributed by atoms with E-state index in [0.717, 1.165) is 21.5 Å². The quantitative estimate of drug-likeness (QED) is 0.705. The van der Waals surface area contributed by atoms with E-state index in [2.05, 4.69) is 15.3 Å². The Balaban J connectivity index is 1.60. The van der Waals surface area contributed by atoms with Gasteiger partial charge in [-0.1, -0.05) is 41.7 Å². The SMILES string of the molecule is COc1ccc2nc(N=C3NC(=O)/C(=C/c4ccccc4)S3)sc2c1. The van der Waals surface area contributed by atoms with Crippen molar-refractivity contribution in [2.24, 2.45) is 4.99 Å². The summed E-state index contributed by atoms with van der Waals surface area (Å²) >= 11 is 2.78. The van der Waals surface area contributed by atoms with Crippen LogP contribution in [0.2, 0.25) is 0 Å². The largest absolute Gasteiger partial charge is 0.497 e. The molecule has 0 saturated carbocycles. The van der Waals surface area contributed by atoms with Gasteiger partial charge in [-0.05, 0) is 41.6 Å². The molecule has 2 aromatic carbocycles. The fraction of sp³-hybridized carbons (Fsp3) is 0.0556. The Morgan fingerprint density at radius 3 is 2.84 bits per heavy atom. The van der Waals surface area contributed by atoms with Crippen molar-refractivity contribution in [2.45, 2.75) is 0 Å². The van der Waals surface area contributed by atoms with E-state index in [1.54, 1.807) is 7.11 Å². The molecule has 0 atom stereocenters.